The van der Waals surface area contributed by atoms with Crippen LogP contribution in [0, 0.1) is 5.92 Å². The smallest absolute Gasteiger partial charge is 0.0234 e. The summed E-state index contributed by atoms with van der Waals surface area (Å²) in [4.78, 5) is 4.92. The van der Waals surface area contributed by atoms with Gasteiger partial charge in [-0.3, -0.25) is 4.90 Å². The standard InChI is InChI=1S/C14H23N3/c1-16-7-8-17(12-14(9-15)10-16)11-13-5-3-2-4-6-13/h2-6,14H,7-12,15H2,1H3. The van der Waals surface area contributed by atoms with Gasteiger partial charge in [0.1, 0.15) is 0 Å². The summed E-state index contributed by atoms with van der Waals surface area (Å²) < 4.78 is 0. The van der Waals surface area contributed by atoms with Crippen LogP contribution in [0.15, 0.2) is 30.3 Å². The zero-order chi connectivity index (χ0) is 12.1. The maximum absolute atomic E-state index is 5.84. The molecule has 17 heavy (non-hydrogen) atoms. The minimum absolute atomic E-state index is 0.603. The number of hydrogen-bond acceptors (Lipinski definition) is 3. The Kier molecular flexibility index (Phi) is 4.54. The average molecular weight is 233 g/mol. The first-order valence-electron chi connectivity index (χ1n) is 6.43. The van der Waals surface area contributed by atoms with E-state index in [9.17, 15) is 0 Å². The molecule has 1 aliphatic heterocycles. The minimum Gasteiger partial charge on any atom is -0.330 e. The van der Waals surface area contributed by atoms with Gasteiger partial charge in [0.05, 0.1) is 0 Å². The lowest BCUT2D eigenvalue weighted by molar-refractivity contribution is 0.252. The predicted octanol–water partition coefficient (Wildman–Crippen LogP) is 1.01. The molecule has 0 spiro atoms. The maximum Gasteiger partial charge on any atom is 0.0234 e. The highest BCUT2D eigenvalue weighted by molar-refractivity contribution is 5.14. The van der Waals surface area contributed by atoms with Crippen molar-refractivity contribution in [2.24, 2.45) is 11.7 Å². The van der Waals surface area contributed by atoms with Gasteiger partial charge in [-0.25, -0.2) is 0 Å². The van der Waals surface area contributed by atoms with Crippen LogP contribution in [0.2, 0.25) is 0 Å². The van der Waals surface area contributed by atoms with Crippen LogP contribution in [0.3, 0.4) is 0 Å². The summed E-state index contributed by atoms with van der Waals surface area (Å²) in [5.41, 5.74) is 7.23. The molecular weight excluding hydrogens is 210 g/mol. The zero-order valence-electron chi connectivity index (χ0n) is 10.7. The molecule has 0 bridgehead atoms. The van der Waals surface area contributed by atoms with Crippen LogP contribution in [0.4, 0.5) is 0 Å². The molecule has 1 saturated heterocycles. The van der Waals surface area contributed by atoms with Crippen molar-refractivity contribution in [2.45, 2.75) is 6.54 Å². The lowest BCUT2D eigenvalue weighted by atomic mass is 10.1. The molecule has 0 aliphatic carbocycles. The summed E-state index contributed by atoms with van der Waals surface area (Å²) in [6, 6.07) is 10.7. The Labute approximate surface area is 104 Å². The maximum atomic E-state index is 5.84. The number of hydrogen-bond donors (Lipinski definition) is 1. The van der Waals surface area contributed by atoms with Crippen molar-refractivity contribution in [3.05, 3.63) is 35.9 Å². The summed E-state index contributed by atoms with van der Waals surface area (Å²) in [5.74, 6) is 0.603. The van der Waals surface area contributed by atoms with Crippen LogP contribution in [-0.4, -0.2) is 49.6 Å². The minimum atomic E-state index is 0.603. The molecule has 1 heterocycles. The predicted molar refractivity (Wildman–Crippen MR) is 71.8 cm³/mol. The molecule has 0 aromatic heterocycles. The molecule has 1 aromatic carbocycles. The number of nitrogens with two attached hydrogens (primary N) is 1. The molecular formula is C14H23N3. The van der Waals surface area contributed by atoms with E-state index in [1.54, 1.807) is 0 Å². The Morgan fingerprint density at radius 1 is 1.18 bits per heavy atom. The molecule has 1 unspecified atom stereocenters. The van der Waals surface area contributed by atoms with Crippen molar-refractivity contribution in [3.8, 4) is 0 Å². The topological polar surface area (TPSA) is 32.5 Å². The number of nitrogens with zero attached hydrogens (tertiary/aromatic N) is 2. The highest BCUT2D eigenvalue weighted by Crippen LogP contribution is 2.11. The first kappa shape index (κ1) is 12.6. The molecule has 1 atom stereocenters. The van der Waals surface area contributed by atoms with Gasteiger partial charge in [0.2, 0.25) is 0 Å². The van der Waals surface area contributed by atoms with Crippen molar-refractivity contribution < 1.29 is 0 Å². The van der Waals surface area contributed by atoms with E-state index in [0.29, 0.717) is 5.92 Å². The Balaban J connectivity index is 1.96. The second-order valence-electron chi connectivity index (χ2n) is 5.08. The Bertz CT molecular complexity index is 325. The fourth-order valence-electron chi connectivity index (χ4n) is 2.49. The monoisotopic (exact) mass is 233 g/mol. The van der Waals surface area contributed by atoms with Gasteiger partial charge >= 0.3 is 0 Å². The molecule has 3 heteroatoms. The third-order valence-corrected chi connectivity index (χ3v) is 3.47. The van der Waals surface area contributed by atoms with Crippen LogP contribution in [0.5, 0.6) is 0 Å². The van der Waals surface area contributed by atoms with E-state index in [0.717, 1.165) is 39.3 Å². The van der Waals surface area contributed by atoms with Crippen LogP contribution < -0.4 is 5.73 Å². The van der Waals surface area contributed by atoms with Crippen molar-refractivity contribution in [1.29, 1.82) is 0 Å². The van der Waals surface area contributed by atoms with Crippen LogP contribution in [-0.2, 0) is 6.54 Å². The van der Waals surface area contributed by atoms with E-state index >= 15 is 0 Å². The van der Waals surface area contributed by atoms with E-state index < -0.39 is 0 Å². The number of likely N-dealkylation sites (N-methyl/N-ethyl adjacent to an activating group) is 1. The van der Waals surface area contributed by atoms with E-state index in [1.165, 1.54) is 5.56 Å². The van der Waals surface area contributed by atoms with Crippen molar-refractivity contribution in [2.75, 3.05) is 39.8 Å². The van der Waals surface area contributed by atoms with Crippen molar-refractivity contribution in [1.82, 2.24) is 9.80 Å². The van der Waals surface area contributed by atoms with Crippen molar-refractivity contribution in [3.63, 3.8) is 0 Å². The van der Waals surface area contributed by atoms with Crippen molar-refractivity contribution >= 4 is 0 Å². The third-order valence-electron chi connectivity index (χ3n) is 3.47. The largest absolute Gasteiger partial charge is 0.330 e. The normalized spacial score (nSPS) is 23.5. The van der Waals surface area contributed by atoms with E-state index in [-0.39, 0.29) is 0 Å². The summed E-state index contributed by atoms with van der Waals surface area (Å²) in [5, 5.41) is 0. The van der Waals surface area contributed by atoms with Crippen LogP contribution >= 0.6 is 0 Å². The highest BCUT2D eigenvalue weighted by atomic mass is 15.2. The summed E-state index contributed by atoms with van der Waals surface area (Å²) in [6.07, 6.45) is 0. The first-order valence-corrected chi connectivity index (χ1v) is 6.43. The van der Waals surface area contributed by atoms with Gasteiger partial charge in [-0.15, -0.1) is 0 Å². The fraction of sp³-hybridized carbons (Fsp3) is 0.571. The van der Waals surface area contributed by atoms with Gasteiger partial charge in [0.15, 0.2) is 0 Å². The van der Waals surface area contributed by atoms with E-state index in [2.05, 4.69) is 47.2 Å². The molecule has 1 aromatic rings. The van der Waals surface area contributed by atoms with Gasteiger partial charge in [-0.1, -0.05) is 30.3 Å². The van der Waals surface area contributed by atoms with Crippen LogP contribution in [0.25, 0.3) is 0 Å². The molecule has 1 aliphatic rings. The van der Waals surface area contributed by atoms with Gasteiger partial charge < -0.3 is 10.6 Å². The Hall–Kier alpha value is -0.900. The first-order chi connectivity index (χ1) is 8.28. The highest BCUT2D eigenvalue weighted by Gasteiger charge is 2.19. The van der Waals surface area contributed by atoms with Gasteiger partial charge in [-0.05, 0) is 25.1 Å². The van der Waals surface area contributed by atoms with Gasteiger partial charge in [-0.2, -0.15) is 0 Å². The third kappa shape index (κ3) is 3.80. The van der Waals surface area contributed by atoms with Crippen LogP contribution in [0.1, 0.15) is 5.56 Å². The summed E-state index contributed by atoms with van der Waals surface area (Å²) in [7, 11) is 2.19. The molecule has 0 amide bonds. The quantitative estimate of drug-likeness (QED) is 0.845. The van der Waals surface area contributed by atoms with E-state index in [4.69, 9.17) is 5.73 Å². The zero-order valence-corrected chi connectivity index (χ0v) is 10.7. The summed E-state index contributed by atoms with van der Waals surface area (Å²) >= 11 is 0. The second kappa shape index (κ2) is 6.15. The Morgan fingerprint density at radius 2 is 1.94 bits per heavy atom. The molecule has 2 N–H and O–H groups in total. The van der Waals surface area contributed by atoms with Gasteiger partial charge in [0, 0.05) is 32.7 Å². The van der Waals surface area contributed by atoms with Gasteiger partial charge in [0.25, 0.3) is 0 Å². The molecule has 3 nitrogen and oxygen atoms in total. The number of rotatable bonds is 3. The molecule has 0 saturated carbocycles. The Morgan fingerprint density at radius 3 is 2.65 bits per heavy atom. The SMILES string of the molecule is CN1CCN(Cc2ccccc2)CC(CN)C1. The lowest BCUT2D eigenvalue weighted by Gasteiger charge is -2.23. The van der Waals surface area contributed by atoms with E-state index in [1.807, 2.05) is 0 Å². The fourth-order valence-corrected chi connectivity index (χ4v) is 2.49. The molecule has 94 valence electrons. The summed E-state index contributed by atoms with van der Waals surface area (Å²) in [6.45, 7) is 6.36. The molecule has 1 fully saturated rings. The second-order valence-corrected chi connectivity index (χ2v) is 5.08. The molecule has 0 radical (unpaired) electrons. The lowest BCUT2D eigenvalue weighted by Crippen LogP contribution is -2.33. The molecule has 2 rings (SSSR count). The number of benzene rings is 1. The average Bonchev–Trinajstić information content (AvgIpc) is 2.53.